The van der Waals surface area contributed by atoms with Gasteiger partial charge in [-0.3, -0.25) is 4.98 Å². The highest BCUT2D eigenvalue weighted by molar-refractivity contribution is 5.25. The first-order chi connectivity index (χ1) is 11.5. The van der Waals surface area contributed by atoms with Crippen molar-refractivity contribution in [3.8, 4) is 0 Å². The minimum atomic E-state index is -0.223. The molecule has 1 aliphatic rings. The molecular formula is C21H27NO2. The van der Waals surface area contributed by atoms with E-state index in [2.05, 4.69) is 56.1 Å². The molecule has 0 radical (unpaired) electrons. The maximum Gasteiger partial charge on any atom is 0.0926 e. The van der Waals surface area contributed by atoms with Gasteiger partial charge in [-0.2, -0.15) is 0 Å². The number of rotatable bonds is 6. The standard InChI is InChI=1S/C21H27NO2/c1-4-21(16-23-15-18-12-8-9-13-22-18)14-19(20(2,3)24-21)17-10-6-5-7-11-17/h5-13,19H,4,14-16H2,1-3H3. The van der Waals surface area contributed by atoms with Crippen molar-refractivity contribution in [3.05, 3.63) is 66.0 Å². The number of hydrogen-bond acceptors (Lipinski definition) is 3. The smallest absolute Gasteiger partial charge is 0.0926 e. The lowest BCUT2D eigenvalue weighted by Crippen LogP contribution is -2.36. The minimum absolute atomic E-state index is 0.189. The van der Waals surface area contributed by atoms with Crippen molar-refractivity contribution in [1.82, 2.24) is 4.98 Å². The van der Waals surface area contributed by atoms with E-state index in [4.69, 9.17) is 9.47 Å². The maximum absolute atomic E-state index is 6.55. The number of benzene rings is 1. The van der Waals surface area contributed by atoms with E-state index in [1.54, 1.807) is 6.20 Å². The molecule has 1 fully saturated rings. The topological polar surface area (TPSA) is 31.4 Å². The lowest BCUT2D eigenvalue weighted by atomic mass is 9.81. The Bertz CT molecular complexity index is 641. The predicted octanol–water partition coefficient (Wildman–Crippen LogP) is 4.73. The van der Waals surface area contributed by atoms with Crippen LogP contribution >= 0.6 is 0 Å². The lowest BCUT2D eigenvalue weighted by Gasteiger charge is -2.31. The number of nitrogens with zero attached hydrogens (tertiary/aromatic N) is 1. The van der Waals surface area contributed by atoms with Gasteiger partial charge in [0.1, 0.15) is 0 Å². The van der Waals surface area contributed by atoms with Gasteiger partial charge in [-0.05, 0) is 44.4 Å². The van der Waals surface area contributed by atoms with Crippen LogP contribution in [0.4, 0.5) is 0 Å². The molecule has 0 aliphatic carbocycles. The Balaban J connectivity index is 1.69. The molecule has 0 saturated carbocycles. The normalized spacial score (nSPS) is 25.7. The van der Waals surface area contributed by atoms with E-state index in [-0.39, 0.29) is 11.2 Å². The molecule has 0 spiro atoms. The van der Waals surface area contributed by atoms with E-state index >= 15 is 0 Å². The van der Waals surface area contributed by atoms with Gasteiger partial charge in [0.05, 0.1) is 30.1 Å². The zero-order valence-corrected chi connectivity index (χ0v) is 14.9. The monoisotopic (exact) mass is 325 g/mol. The average molecular weight is 325 g/mol. The summed E-state index contributed by atoms with van der Waals surface area (Å²) in [5.41, 5.74) is 1.90. The van der Waals surface area contributed by atoms with Crippen LogP contribution in [-0.4, -0.2) is 22.8 Å². The molecule has 0 bridgehead atoms. The Morgan fingerprint density at radius 2 is 1.88 bits per heavy atom. The van der Waals surface area contributed by atoms with Crippen molar-refractivity contribution >= 4 is 0 Å². The molecule has 1 aliphatic heterocycles. The molecule has 3 heteroatoms. The Hall–Kier alpha value is -1.71. The first kappa shape index (κ1) is 17.1. The van der Waals surface area contributed by atoms with Gasteiger partial charge in [0, 0.05) is 12.1 Å². The fourth-order valence-electron chi connectivity index (χ4n) is 3.73. The van der Waals surface area contributed by atoms with Crippen LogP contribution in [0.15, 0.2) is 54.7 Å². The van der Waals surface area contributed by atoms with Gasteiger partial charge < -0.3 is 9.47 Å². The summed E-state index contributed by atoms with van der Waals surface area (Å²) in [6.07, 6.45) is 3.74. The molecule has 1 aromatic heterocycles. The second-order valence-corrected chi connectivity index (χ2v) is 7.22. The van der Waals surface area contributed by atoms with Crippen LogP contribution in [0, 0.1) is 0 Å². The van der Waals surface area contributed by atoms with Crippen LogP contribution in [0.1, 0.15) is 50.8 Å². The number of ether oxygens (including phenoxy) is 2. The zero-order valence-electron chi connectivity index (χ0n) is 14.9. The molecule has 3 nitrogen and oxygen atoms in total. The molecule has 3 rings (SSSR count). The van der Waals surface area contributed by atoms with Crippen molar-refractivity contribution in [3.63, 3.8) is 0 Å². The fourth-order valence-corrected chi connectivity index (χ4v) is 3.73. The third-order valence-corrected chi connectivity index (χ3v) is 5.08. The largest absolute Gasteiger partial charge is 0.372 e. The van der Waals surface area contributed by atoms with Crippen LogP contribution in [-0.2, 0) is 16.1 Å². The molecule has 2 atom stereocenters. The SMILES string of the molecule is CCC1(COCc2ccccn2)CC(c2ccccc2)C(C)(C)O1. The summed E-state index contributed by atoms with van der Waals surface area (Å²) in [5.74, 6) is 0.386. The highest BCUT2D eigenvalue weighted by Gasteiger charge is 2.50. The molecule has 2 aromatic rings. The fraction of sp³-hybridized carbons (Fsp3) is 0.476. The van der Waals surface area contributed by atoms with Crippen LogP contribution in [0.3, 0.4) is 0 Å². The molecule has 0 amide bonds. The van der Waals surface area contributed by atoms with E-state index in [0.29, 0.717) is 19.1 Å². The second kappa shape index (κ2) is 7.04. The van der Waals surface area contributed by atoms with Crippen molar-refractivity contribution < 1.29 is 9.47 Å². The molecule has 128 valence electrons. The van der Waals surface area contributed by atoms with Gasteiger partial charge >= 0.3 is 0 Å². The summed E-state index contributed by atoms with van der Waals surface area (Å²) in [5, 5.41) is 0. The summed E-state index contributed by atoms with van der Waals surface area (Å²) in [7, 11) is 0. The van der Waals surface area contributed by atoms with Crippen LogP contribution in [0.25, 0.3) is 0 Å². The molecule has 2 heterocycles. The predicted molar refractivity (Wildman–Crippen MR) is 95.9 cm³/mol. The van der Waals surface area contributed by atoms with Crippen LogP contribution in [0.2, 0.25) is 0 Å². The quantitative estimate of drug-likeness (QED) is 0.769. The van der Waals surface area contributed by atoms with Gasteiger partial charge in [0.15, 0.2) is 0 Å². The van der Waals surface area contributed by atoms with Crippen molar-refractivity contribution in [2.45, 2.75) is 57.3 Å². The first-order valence-electron chi connectivity index (χ1n) is 8.77. The Morgan fingerprint density at radius 3 is 2.54 bits per heavy atom. The second-order valence-electron chi connectivity index (χ2n) is 7.22. The molecular weight excluding hydrogens is 298 g/mol. The molecule has 1 aromatic carbocycles. The first-order valence-corrected chi connectivity index (χ1v) is 8.77. The summed E-state index contributed by atoms with van der Waals surface area (Å²) in [6, 6.07) is 16.6. The summed E-state index contributed by atoms with van der Waals surface area (Å²) < 4.78 is 12.5. The van der Waals surface area contributed by atoms with Crippen LogP contribution in [0.5, 0.6) is 0 Å². The highest BCUT2D eigenvalue weighted by atomic mass is 16.6. The summed E-state index contributed by atoms with van der Waals surface area (Å²) in [4.78, 5) is 4.32. The van der Waals surface area contributed by atoms with Gasteiger partial charge in [0.2, 0.25) is 0 Å². The average Bonchev–Trinajstić information content (AvgIpc) is 2.88. The molecule has 2 unspecified atom stereocenters. The van der Waals surface area contributed by atoms with E-state index in [9.17, 15) is 0 Å². The zero-order chi connectivity index (χ0) is 17.0. The number of aromatic nitrogens is 1. The van der Waals surface area contributed by atoms with Gasteiger partial charge in [-0.25, -0.2) is 0 Å². The third-order valence-electron chi connectivity index (χ3n) is 5.08. The lowest BCUT2D eigenvalue weighted by molar-refractivity contribution is -0.128. The van der Waals surface area contributed by atoms with E-state index in [1.807, 2.05) is 18.2 Å². The molecule has 1 saturated heterocycles. The number of pyridine rings is 1. The van der Waals surface area contributed by atoms with E-state index < -0.39 is 0 Å². The van der Waals surface area contributed by atoms with Gasteiger partial charge in [0.25, 0.3) is 0 Å². The Kier molecular flexibility index (Phi) is 5.02. The summed E-state index contributed by atoms with van der Waals surface area (Å²) >= 11 is 0. The van der Waals surface area contributed by atoms with E-state index in [1.165, 1.54) is 5.56 Å². The van der Waals surface area contributed by atoms with Crippen molar-refractivity contribution in [2.24, 2.45) is 0 Å². The van der Waals surface area contributed by atoms with E-state index in [0.717, 1.165) is 18.5 Å². The Morgan fingerprint density at radius 1 is 1.12 bits per heavy atom. The van der Waals surface area contributed by atoms with Crippen molar-refractivity contribution in [1.29, 1.82) is 0 Å². The van der Waals surface area contributed by atoms with Crippen LogP contribution < -0.4 is 0 Å². The maximum atomic E-state index is 6.55. The third kappa shape index (κ3) is 3.68. The number of hydrogen-bond donors (Lipinski definition) is 0. The van der Waals surface area contributed by atoms with Crippen molar-refractivity contribution in [2.75, 3.05) is 6.61 Å². The Labute approximate surface area is 145 Å². The molecule has 0 N–H and O–H groups in total. The van der Waals surface area contributed by atoms with Gasteiger partial charge in [-0.1, -0.05) is 43.3 Å². The van der Waals surface area contributed by atoms with Gasteiger partial charge in [-0.15, -0.1) is 0 Å². The highest BCUT2D eigenvalue weighted by Crippen LogP contribution is 2.49. The summed E-state index contributed by atoms with van der Waals surface area (Å²) in [6.45, 7) is 7.71. The molecule has 24 heavy (non-hydrogen) atoms. The minimum Gasteiger partial charge on any atom is -0.372 e.